The first-order chi connectivity index (χ1) is 18.2. The van der Waals surface area contributed by atoms with Gasteiger partial charge in [-0.1, -0.05) is 72.9 Å². The van der Waals surface area contributed by atoms with E-state index in [0.717, 1.165) is 30.3 Å². The molecule has 0 saturated carbocycles. The van der Waals surface area contributed by atoms with E-state index in [9.17, 15) is 44.3 Å². The van der Waals surface area contributed by atoms with E-state index < -0.39 is 65.0 Å². The second-order valence-electron chi connectivity index (χ2n) is 9.24. The number of Topliss-reactive ketones (excluding diaryl/α,β-unsaturated/α-hetero) is 1. The van der Waals surface area contributed by atoms with Gasteiger partial charge in [-0.15, -0.1) is 0 Å². The Morgan fingerprint density at radius 1 is 0.925 bits per heavy atom. The molecular formula is C26H22Cl3F9OS. The van der Waals surface area contributed by atoms with Crippen LogP contribution >= 0.6 is 46.6 Å². The van der Waals surface area contributed by atoms with Crippen molar-refractivity contribution < 1.29 is 44.3 Å². The third kappa shape index (κ3) is 10.1. The molecular weight excluding hydrogens is 638 g/mol. The first-order valence-electron chi connectivity index (χ1n) is 11.5. The molecule has 0 heterocycles. The third-order valence-electron chi connectivity index (χ3n) is 5.84. The zero-order valence-corrected chi connectivity index (χ0v) is 23.8. The van der Waals surface area contributed by atoms with E-state index in [-0.39, 0.29) is 32.3 Å². The molecule has 2 atom stereocenters. The molecule has 0 aliphatic heterocycles. The van der Waals surface area contributed by atoms with Crippen LogP contribution in [0.4, 0.5) is 39.5 Å². The smallest absolute Gasteiger partial charge is 0.294 e. The molecule has 2 rings (SSSR count). The summed E-state index contributed by atoms with van der Waals surface area (Å²) in [4.78, 5) is 12.8. The molecule has 0 radical (unpaired) electrons. The second kappa shape index (κ2) is 13.6. The lowest BCUT2D eigenvalue weighted by molar-refractivity contribution is -0.139. The van der Waals surface area contributed by atoms with E-state index in [1.54, 1.807) is 13.8 Å². The first-order valence-corrected chi connectivity index (χ1v) is 13.8. The molecule has 2 aromatic rings. The predicted octanol–water partition coefficient (Wildman–Crippen LogP) is 11.2. The van der Waals surface area contributed by atoms with Gasteiger partial charge in [0.1, 0.15) is 0 Å². The number of hydrogen-bond acceptors (Lipinski definition) is 2. The molecule has 0 spiro atoms. The normalized spacial score (nSPS) is 14.7. The molecule has 0 saturated heterocycles. The molecule has 1 nitrogen and oxygen atoms in total. The summed E-state index contributed by atoms with van der Waals surface area (Å²) in [7, 11) is 0. The molecule has 40 heavy (non-hydrogen) atoms. The fourth-order valence-corrected chi connectivity index (χ4v) is 5.44. The van der Waals surface area contributed by atoms with Crippen molar-refractivity contribution in [1.29, 1.82) is 0 Å². The summed E-state index contributed by atoms with van der Waals surface area (Å²) >= 11 is 18.0. The van der Waals surface area contributed by atoms with E-state index in [4.69, 9.17) is 34.8 Å². The predicted molar refractivity (Wildman–Crippen MR) is 141 cm³/mol. The maximum Gasteiger partial charge on any atom is 0.417 e. The van der Waals surface area contributed by atoms with Crippen LogP contribution in [0.2, 0.25) is 15.1 Å². The largest absolute Gasteiger partial charge is 0.417 e. The Bertz CT molecular complexity index is 1200. The van der Waals surface area contributed by atoms with E-state index in [0.29, 0.717) is 23.9 Å². The number of ketones is 1. The van der Waals surface area contributed by atoms with Crippen LogP contribution in [-0.4, -0.2) is 29.6 Å². The maximum atomic E-state index is 13.9. The van der Waals surface area contributed by atoms with Gasteiger partial charge in [0, 0.05) is 12.0 Å². The van der Waals surface area contributed by atoms with Crippen molar-refractivity contribution in [3.05, 3.63) is 73.7 Å². The summed E-state index contributed by atoms with van der Waals surface area (Å²) in [5, 5.41) is -0.651. The van der Waals surface area contributed by atoms with Crippen LogP contribution in [0.15, 0.2) is 36.4 Å². The number of benzene rings is 2. The number of carbonyl (C=O) groups excluding carboxylic acids is 1. The van der Waals surface area contributed by atoms with Crippen molar-refractivity contribution >= 4 is 58.4 Å². The molecule has 0 amide bonds. The molecule has 0 aromatic heterocycles. The molecule has 222 valence electrons. The van der Waals surface area contributed by atoms with E-state index >= 15 is 0 Å². The van der Waals surface area contributed by atoms with Crippen molar-refractivity contribution in [2.24, 2.45) is 11.8 Å². The summed E-state index contributed by atoms with van der Waals surface area (Å²) in [6.45, 7) is 3.28. The van der Waals surface area contributed by atoms with E-state index in [1.165, 1.54) is 0 Å². The van der Waals surface area contributed by atoms with E-state index in [2.05, 4.69) is 0 Å². The van der Waals surface area contributed by atoms with Crippen molar-refractivity contribution in [2.75, 3.05) is 11.5 Å². The minimum atomic E-state index is -5.03. The summed E-state index contributed by atoms with van der Waals surface area (Å²) in [5.41, 5.74) is -2.76. The minimum absolute atomic E-state index is 0.0946. The molecule has 0 fully saturated rings. The number of alkyl halides is 9. The highest BCUT2D eigenvalue weighted by Crippen LogP contribution is 2.41. The number of rotatable bonds is 10. The monoisotopic (exact) mass is 658 g/mol. The Morgan fingerprint density at radius 2 is 1.50 bits per heavy atom. The Labute approximate surface area is 244 Å². The van der Waals surface area contributed by atoms with Crippen LogP contribution in [0.3, 0.4) is 0 Å². The SMILES string of the molecule is CC(C)[C@H](CSCC(F)(F)F)CC(=O)c1ccc(/C=C/C(c2cc(Cl)c(Cl)c(Cl)c2)C(F)(F)F)cc1C(F)(F)F. The fraction of sp³-hybridized carbons (Fsp3) is 0.423. The summed E-state index contributed by atoms with van der Waals surface area (Å²) in [6, 6.07) is 4.33. The lowest BCUT2D eigenvalue weighted by atomic mass is 9.88. The Kier molecular flexibility index (Phi) is 11.8. The molecule has 2 aromatic carbocycles. The standard InChI is InChI=1S/C26H22Cl3F9OS/c1-13(2)16(11-40-12-24(30,31)32)10-22(39)17-5-3-14(7-19(17)26(36,37)38)4-6-18(25(33,34)35)15-8-20(27)23(29)21(28)9-15/h3-9,13,16,18H,10-12H2,1-2H3/b6-4+/t16-,18?/m0/s1. The van der Waals surface area contributed by atoms with Gasteiger partial charge in [0.15, 0.2) is 5.78 Å². The van der Waals surface area contributed by atoms with Gasteiger partial charge in [-0.3, -0.25) is 4.79 Å². The maximum absolute atomic E-state index is 13.9. The number of carbonyl (C=O) groups is 1. The van der Waals surface area contributed by atoms with Gasteiger partial charge in [-0.05, 0) is 46.9 Å². The third-order valence-corrected chi connectivity index (χ3v) is 8.23. The Morgan fingerprint density at radius 3 is 1.98 bits per heavy atom. The molecule has 1 unspecified atom stereocenters. The summed E-state index contributed by atoms with van der Waals surface area (Å²) < 4.78 is 120. The van der Waals surface area contributed by atoms with Gasteiger partial charge in [0.2, 0.25) is 0 Å². The van der Waals surface area contributed by atoms with Crippen LogP contribution in [0, 0.1) is 11.8 Å². The number of hydrogen-bond donors (Lipinski definition) is 0. The molecule has 0 aliphatic rings. The number of thioether (sulfide) groups is 1. The lowest BCUT2D eigenvalue weighted by Gasteiger charge is -2.21. The number of allylic oxidation sites excluding steroid dienone is 1. The van der Waals surface area contributed by atoms with Crippen LogP contribution in [0.25, 0.3) is 6.08 Å². The zero-order valence-electron chi connectivity index (χ0n) is 20.7. The topological polar surface area (TPSA) is 17.1 Å². The van der Waals surface area contributed by atoms with Crippen LogP contribution < -0.4 is 0 Å². The lowest BCUT2D eigenvalue weighted by Crippen LogP contribution is -2.21. The molecule has 0 aliphatic carbocycles. The van der Waals surface area contributed by atoms with Gasteiger partial charge in [0.05, 0.1) is 32.3 Å². The Hall–Kier alpha value is -1.56. The molecule has 0 N–H and O–H groups in total. The van der Waals surface area contributed by atoms with Crippen LogP contribution in [-0.2, 0) is 6.18 Å². The van der Waals surface area contributed by atoms with Crippen molar-refractivity contribution in [3.63, 3.8) is 0 Å². The highest BCUT2D eigenvalue weighted by molar-refractivity contribution is 7.99. The van der Waals surface area contributed by atoms with Gasteiger partial charge < -0.3 is 0 Å². The quantitative estimate of drug-likeness (QED) is 0.143. The fourth-order valence-electron chi connectivity index (χ4n) is 3.68. The van der Waals surface area contributed by atoms with Crippen molar-refractivity contribution in [1.82, 2.24) is 0 Å². The van der Waals surface area contributed by atoms with Crippen molar-refractivity contribution in [3.8, 4) is 0 Å². The average molecular weight is 660 g/mol. The summed E-state index contributed by atoms with van der Waals surface area (Å²) in [5.74, 6) is -5.42. The van der Waals surface area contributed by atoms with Gasteiger partial charge in [-0.25, -0.2) is 0 Å². The van der Waals surface area contributed by atoms with Gasteiger partial charge in [0.25, 0.3) is 0 Å². The van der Waals surface area contributed by atoms with Gasteiger partial charge in [-0.2, -0.15) is 51.3 Å². The zero-order chi connectivity index (χ0) is 30.6. The van der Waals surface area contributed by atoms with E-state index in [1.807, 2.05) is 0 Å². The summed E-state index contributed by atoms with van der Waals surface area (Å²) in [6.07, 6.45) is -13.3. The highest BCUT2D eigenvalue weighted by Gasteiger charge is 2.40. The van der Waals surface area contributed by atoms with Crippen LogP contribution in [0.5, 0.6) is 0 Å². The van der Waals surface area contributed by atoms with Gasteiger partial charge >= 0.3 is 18.5 Å². The second-order valence-corrected chi connectivity index (χ2v) is 11.5. The number of halogens is 12. The van der Waals surface area contributed by atoms with Crippen molar-refractivity contribution in [2.45, 2.75) is 44.7 Å². The molecule has 14 heteroatoms. The minimum Gasteiger partial charge on any atom is -0.294 e. The average Bonchev–Trinajstić information content (AvgIpc) is 2.79. The van der Waals surface area contributed by atoms with Crippen LogP contribution in [0.1, 0.15) is 53.2 Å². The Balaban J connectivity index is 2.39. The molecule has 0 bridgehead atoms. The first kappa shape index (κ1) is 34.6. The highest BCUT2D eigenvalue weighted by atomic mass is 35.5.